The number of nitrogens with zero attached hydrogens (tertiary/aromatic N) is 1. The Morgan fingerprint density at radius 3 is 2.58 bits per heavy atom. The number of carbonyl (C=O) groups is 2. The molecule has 0 radical (unpaired) electrons. The number of hydrogen-bond donors (Lipinski definition) is 3. The van der Waals surface area contributed by atoms with Crippen molar-refractivity contribution in [3.63, 3.8) is 0 Å². The van der Waals surface area contributed by atoms with Gasteiger partial charge in [-0.05, 0) is 56.3 Å². The highest BCUT2D eigenvalue weighted by Gasteiger charge is 2.19. The number of anilines is 1. The molecule has 10 heteroatoms. The fraction of sp³-hybridized carbons (Fsp3) is 0.115. The van der Waals surface area contributed by atoms with E-state index in [1.54, 1.807) is 30.7 Å². The van der Waals surface area contributed by atoms with Crippen LogP contribution < -0.4 is 20.8 Å². The number of aromatic amines is 1. The number of aryl methyl sites for hydroxylation is 1. The number of pyridine rings is 1. The van der Waals surface area contributed by atoms with Gasteiger partial charge in [-0.3, -0.25) is 14.4 Å². The number of rotatable bonds is 7. The maximum absolute atomic E-state index is 14.4. The molecule has 2 heterocycles. The van der Waals surface area contributed by atoms with E-state index in [-0.39, 0.29) is 28.1 Å². The third-order valence-corrected chi connectivity index (χ3v) is 5.33. The van der Waals surface area contributed by atoms with E-state index < -0.39 is 23.4 Å². The van der Waals surface area contributed by atoms with Crippen LogP contribution in [0.5, 0.6) is 11.5 Å². The van der Waals surface area contributed by atoms with E-state index in [1.165, 1.54) is 18.2 Å². The predicted molar refractivity (Wildman–Crippen MR) is 132 cm³/mol. The Morgan fingerprint density at radius 1 is 1.14 bits per heavy atom. The molecule has 4 aromatic rings. The van der Waals surface area contributed by atoms with Crippen LogP contribution in [0.1, 0.15) is 23.0 Å². The minimum absolute atomic E-state index is 0.141. The summed E-state index contributed by atoms with van der Waals surface area (Å²) < 4.78 is 35.1. The topological polar surface area (TPSA) is 105 Å². The third kappa shape index (κ3) is 4.74. The summed E-state index contributed by atoms with van der Waals surface area (Å²) in [6, 6.07) is 9.00. The van der Waals surface area contributed by atoms with Gasteiger partial charge in [-0.25, -0.2) is 8.78 Å². The van der Waals surface area contributed by atoms with Gasteiger partial charge >= 0.3 is 0 Å². The molecule has 36 heavy (non-hydrogen) atoms. The van der Waals surface area contributed by atoms with E-state index in [4.69, 9.17) is 4.74 Å². The molecule has 0 bridgehead atoms. The van der Waals surface area contributed by atoms with Crippen molar-refractivity contribution in [1.82, 2.24) is 14.9 Å². The number of fused-ring (bicyclic) bond motifs is 1. The molecule has 184 valence electrons. The molecule has 0 saturated carbocycles. The molecule has 2 amide bonds. The summed E-state index contributed by atoms with van der Waals surface area (Å²) in [6.07, 6.45) is 2.65. The van der Waals surface area contributed by atoms with E-state index >= 15 is 0 Å². The Kier molecular flexibility index (Phi) is 6.69. The highest BCUT2D eigenvalue weighted by Crippen LogP contribution is 2.34. The average Bonchev–Trinajstić information content (AvgIpc) is 3.30. The van der Waals surface area contributed by atoms with Crippen molar-refractivity contribution in [2.75, 3.05) is 11.9 Å². The van der Waals surface area contributed by atoms with Gasteiger partial charge in [0.15, 0.2) is 17.3 Å². The maximum Gasteiger partial charge on any atom is 0.267 e. The highest BCUT2D eigenvalue weighted by atomic mass is 19.1. The number of aromatic nitrogens is 2. The number of nitrogens with one attached hydrogen (secondary N) is 3. The molecule has 0 saturated heterocycles. The molecular weight excluding hydrogens is 470 g/mol. The number of amides is 2. The quantitative estimate of drug-likeness (QED) is 0.329. The molecule has 0 fully saturated rings. The van der Waals surface area contributed by atoms with E-state index in [2.05, 4.69) is 22.2 Å². The van der Waals surface area contributed by atoms with Crippen LogP contribution in [-0.2, 0) is 4.79 Å². The van der Waals surface area contributed by atoms with Gasteiger partial charge in [0.25, 0.3) is 5.91 Å². The van der Waals surface area contributed by atoms with Crippen LogP contribution in [0, 0.1) is 18.6 Å². The van der Waals surface area contributed by atoms with E-state index in [1.807, 2.05) is 0 Å². The summed E-state index contributed by atoms with van der Waals surface area (Å²) in [4.78, 5) is 40.0. The normalized spacial score (nSPS) is 10.8. The lowest BCUT2D eigenvalue weighted by molar-refractivity contribution is -0.111. The van der Waals surface area contributed by atoms with E-state index in [0.29, 0.717) is 35.1 Å². The SMILES string of the molecule is C=CC(=O)Nc1ccc(Oc2ccc(F)cc2F)c(-n2cc(C)c(=O)c3[nH]c(C(=O)NCC)cc32)c1. The summed E-state index contributed by atoms with van der Waals surface area (Å²) >= 11 is 0. The zero-order valence-corrected chi connectivity index (χ0v) is 19.4. The molecule has 0 aliphatic carbocycles. The lowest BCUT2D eigenvalue weighted by Gasteiger charge is -2.17. The molecule has 0 unspecified atom stereocenters. The van der Waals surface area contributed by atoms with Crippen LogP contribution >= 0.6 is 0 Å². The van der Waals surface area contributed by atoms with Gasteiger partial charge in [-0.1, -0.05) is 6.58 Å². The van der Waals surface area contributed by atoms with Crippen LogP contribution in [0.3, 0.4) is 0 Å². The molecule has 0 spiro atoms. The maximum atomic E-state index is 14.4. The van der Waals surface area contributed by atoms with Crippen molar-refractivity contribution < 1.29 is 23.1 Å². The minimum Gasteiger partial charge on any atom is -0.452 e. The summed E-state index contributed by atoms with van der Waals surface area (Å²) in [6.45, 7) is 7.20. The summed E-state index contributed by atoms with van der Waals surface area (Å²) in [7, 11) is 0. The van der Waals surface area contributed by atoms with Crippen LogP contribution in [0.15, 0.2) is 66.1 Å². The number of carbonyl (C=O) groups excluding carboxylic acids is 2. The molecule has 2 aromatic carbocycles. The third-order valence-electron chi connectivity index (χ3n) is 5.33. The second-order valence-corrected chi connectivity index (χ2v) is 7.87. The first-order valence-electron chi connectivity index (χ1n) is 11.0. The van der Waals surface area contributed by atoms with Crippen molar-refractivity contribution in [3.8, 4) is 17.2 Å². The molecule has 3 N–H and O–H groups in total. The molecule has 2 aromatic heterocycles. The predicted octanol–water partition coefficient (Wildman–Crippen LogP) is 4.57. The number of benzene rings is 2. The van der Waals surface area contributed by atoms with Gasteiger partial charge in [-0.15, -0.1) is 0 Å². The van der Waals surface area contributed by atoms with Gasteiger partial charge in [-0.2, -0.15) is 0 Å². The Balaban J connectivity index is 1.95. The average molecular weight is 492 g/mol. The first-order chi connectivity index (χ1) is 17.2. The minimum atomic E-state index is -0.911. The fourth-order valence-electron chi connectivity index (χ4n) is 3.64. The van der Waals surface area contributed by atoms with Crippen molar-refractivity contribution in [3.05, 3.63) is 94.4 Å². The molecule has 0 aliphatic rings. The van der Waals surface area contributed by atoms with E-state index in [9.17, 15) is 23.2 Å². The molecule has 8 nitrogen and oxygen atoms in total. The molecular formula is C26H22F2N4O4. The molecule has 4 rings (SSSR count). The van der Waals surface area contributed by atoms with Gasteiger partial charge in [0.05, 0.1) is 11.2 Å². The van der Waals surface area contributed by atoms with Crippen LogP contribution in [0.25, 0.3) is 16.7 Å². The number of H-pyrrole nitrogens is 1. The Bertz CT molecular complexity index is 1570. The summed E-state index contributed by atoms with van der Waals surface area (Å²) in [5.41, 5.74) is 1.43. The number of halogens is 2. The smallest absolute Gasteiger partial charge is 0.267 e. The van der Waals surface area contributed by atoms with E-state index in [0.717, 1.165) is 18.2 Å². The highest BCUT2D eigenvalue weighted by molar-refractivity contribution is 5.99. The monoisotopic (exact) mass is 492 g/mol. The summed E-state index contributed by atoms with van der Waals surface area (Å²) in [5, 5.41) is 5.32. The summed E-state index contributed by atoms with van der Waals surface area (Å²) in [5.74, 6) is -2.61. The van der Waals surface area contributed by atoms with Gasteiger partial charge in [0.1, 0.15) is 17.0 Å². The van der Waals surface area contributed by atoms with Gasteiger partial charge in [0.2, 0.25) is 11.3 Å². The van der Waals surface area contributed by atoms with Gasteiger partial charge in [0, 0.05) is 30.1 Å². The largest absolute Gasteiger partial charge is 0.452 e. The Hall–Kier alpha value is -4.73. The lowest BCUT2D eigenvalue weighted by Crippen LogP contribution is -2.22. The number of hydrogen-bond acceptors (Lipinski definition) is 4. The fourth-order valence-corrected chi connectivity index (χ4v) is 3.64. The Morgan fingerprint density at radius 2 is 1.89 bits per heavy atom. The van der Waals surface area contributed by atoms with Crippen LogP contribution in [-0.4, -0.2) is 27.9 Å². The van der Waals surface area contributed by atoms with Gasteiger partial charge < -0.3 is 24.9 Å². The Labute approximate surface area is 204 Å². The lowest BCUT2D eigenvalue weighted by atomic mass is 10.2. The zero-order chi connectivity index (χ0) is 26.0. The second-order valence-electron chi connectivity index (χ2n) is 7.87. The van der Waals surface area contributed by atoms with Crippen molar-refractivity contribution in [1.29, 1.82) is 0 Å². The van der Waals surface area contributed by atoms with Crippen LogP contribution in [0.2, 0.25) is 0 Å². The van der Waals surface area contributed by atoms with Crippen molar-refractivity contribution in [2.45, 2.75) is 13.8 Å². The van der Waals surface area contributed by atoms with Crippen molar-refractivity contribution >= 4 is 28.5 Å². The number of ether oxygens (including phenoxy) is 1. The standard InChI is InChI=1S/C26H22F2N4O4/c1-4-23(33)30-16-7-9-22(36-21-8-6-15(27)10-17(21)28)19(11-16)32-13-14(3)25(34)24-20(32)12-18(31-24)26(35)29-5-2/h4,6-13,31H,1,5H2,2-3H3,(H,29,35)(H,30,33). The second kappa shape index (κ2) is 9.87. The molecule has 0 aliphatic heterocycles. The molecule has 0 atom stereocenters. The van der Waals surface area contributed by atoms with Crippen molar-refractivity contribution in [2.24, 2.45) is 0 Å². The first-order valence-corrected chi connectivity index (χ1v) is 11.0. The van der Waals surface area contributed by atoms with Crippen LogP contribution in [0.4, 0.5) is 14.5 Å². The first kappa shape index (κ1) is 24.4. The zero-order valence-electron chi connectivity index (χ0n) is 19.4.